The molecule has 0 saturated heterocycles. The van der Waals surface area contributed by atoms with E-state index >= 15 is 0 Å². The van der Waals surface area contributed by atoms with Gasteiger partial charge in [0, 0.05) is 16.1 Å². The normalized spacial score (nSPS) is 11.4. The molecule has 0 radical (unpaired) electrons. The average molecular weight is 431 g/mol. The van der Waals surface area contributed by atoms with Crippen LogP contribution in [0.3, 0.4) is 0 Å². The first-order valence-corrected chi connectivity index (χ1v) is 9.65. The summed E-state index contributed by atoms with van der Waals surface area (Å²) >= 11 is 13.6. The minimum Gasteiger partial charge on any atom is -0.274 e. The fraction of sp³-hybridized carbons (Fsp3) is 0. The van der Waals surface area contributed by atoms with E-state index in [-0.39, 0.29) is 5.82 Å². The molecule has 10 heteroatoms. The number of halogens is 3. The van der Waals surface area contributed by atoms with Crippen LogP contribution in [-0.4, -0.2) is 30.0 Å². The minimum atomic E-state index is -0.297. The first-order chi connectivity index (χ1) is 13.6. The number of aromatic amines is 1. The molecule has 0 aliphatic heterocycles. The molecule has 0 spiro atoms. The number of H-pyrrole nitrogens is 1. The fourth-order valence-corrected chi connectivity index (χ4v) is 4.19. The highest BCUT2D eigenvalue weighted by Gasteiger charge is 2.18. The lowest BCUT2D eigenvalue weighted by Crippen LogP contribution is -1.91. The predicted molar refractivity (Wildman–Crippen MR) is 107 cm³/mol. The van der Waals surface area contributed by atoms with Crippen LogP contribution < -0.4 is 0 Å². The maximum Gasteiger partial charge on any atom is 0.235 e. The van der Waals surface area contributed by atoms with Gasteiger partial charge >= 0.3 is 0 Å². The number of nitrogens with zero attached hydrogens (tertiary/aromatic N) is 5. The minimum absolute atomic E-state index is 0.297. The Bertz CT molecular complexity index is 1310. The second-order valence-electron chi connectivity index (χ2n) is 5.92. The van der Waals surface area contributed by atoms with Crippen molar-refractivity contribution in [1.29, 1.82) is 0 Å². The second-order valence-corrected chi connectivity index (χ2v) is 7.72. The van der Waals surface area contributed by atoms with Gasteiger partial charge in [0.15, 0.2) is 0 Å². The molecule has 0 aliphatic rings. The van der Waals surface area contributed by atoms with Crippen LogP contribution in [0.4, 0.5) is 4.39 Å². The van der Waals surface area contributed by atoms with Crippen molar-refractivity contribution in [2.24, 2.45) is 0 Å². The highest BCUT2D eigenvalue weighted by Crippen LogP contribution is 2.34. The largest absolute Gasteiger partial charge is 0.274 e. The zero-order valence-electron chi connectivity index (χ0n) is 13.9. The van der Waals surface area contributed by atoms with E-state index in [9.17, 15) is 4.39 Å². The average Bonchev–Trinajstić information content (AvgIpc) is 3.37. The number of hydrogen-bond acceptors (Lipinski definition) is 5. The SMILES string of the molecule is Fc1ccc(-c2cc(-c3nnc4sc(-c5ccc(Cl)cc5Cl)nn34)[nH]n2)cc1. The van der Waals surface area contributed by atoms with E-state index in [1.54, 1.807) is 28.8 Å². The van der Waals surface area contributed by atoms with Gasteiger partial charge in [-0.15, -0.1) is 10.2 Å². The Morgan fingerprint density at radius 3 is 2.61 bits per heavy atom. The number of aromatic nitrogens is 6. The Morgan fingerprint density at radius 1 is 1.00 bits per heavy atom. The smallest absolute Gasteiger partial charge is 0.235 e. The summed E-state index contributed by atoms with van der Waals surface area (Å²) in [6, 6.07) is 13.2. The van der Waals surface area contributed by atoms with Crippen LogP contribution in [0.5, 0.6) is 0 Å². The third kappa shape index (κ3) is 2.95. The molecule has 0 bridgehead atoms. The zero-order valence-corrected chi connectivity index (χ0v) is 16.2. The lowest BCUT2D eigenvalue weighted by molar-refractivity contribution is 0.628. The summed E-state index contributed by atoms with van der Waals surface area (Å²) in [6.07, 6.45) is 0. The van der Waals surface area contributed by atoms with Crippen molar-refractivity contribution in [3.8, 4) is 33.3 Å². The van der Waals surface area contributed by atoms with Gasteiger partial charge in [0.25, 0.3) is 0 Å². The summed E-state index contributed by atoms with van der Waals surface area (Å²) in [5, 5.41) is 22.0. The summed E-state index contributed by atoms with van der Waals surface area (Å²) in [5.41, 5.74) is 2.87. The number of nitrogens with one attached hydrogen (secondary N) is 1. The van der Waals surface area contributed by atoms with E-state index in [0.717, 1.165) is 11.1 Å². The fourth-order valence-electron chi connectivity index (χ4n) is 2.76. The molecule has 0 fully saturated rings. The van der Waals surface area contributed by atoms with Crippen LogP contribution in [0.1, 0.15) is 0 Å². The number of fused-ring (bicyclic) bond motifs is 1. The van der Waals surface area contributed by atoms with E-state index in [4.69, 9.17) is 23.2 Å². The van der Waals surface area contributed by atoms with E-state index in [1.165, 1.54) is 23.5 Å². The molecule has 0 amide bonds. The summed E-state index contributed by atoms with van der Waals surface area (Å²) in [7, 11) is 0. The maximum absolute atomic E-state index is 13.1. The van der Waals surface area contributed by atoms with Crippen LogP contribution in [0, 0.1) is 5.82 Å². The van der Waals surface area contributed by atoms with Crippen molar-refractivity contribution in [2.75, 3.05) is 0 Å². The highest BCUT2D eigenvalue weighted by molar-refractivity contribution is 7.19. The van der Waals surface area contributed by atoms with Gasteiger partial charge in [-0.25, -0.2) is 4.39 Å². The Morgan fingerprint density at radius 2 is 1.82 bits per heavy atom. The number of benzene rings is 2. The molecule has 5 aromatic rings. The highest BCUT2D eigenvalue weighted by atomic mass is 35.5. The molecule has 0 aliphatic carbocycles. The Labute approximate surface area is 171 Å². The molecule has 5 rings (SSSR count). The first kappa shape index (κ1) is 17.3. The zero-order chi connectivity index (χ0) is 19.3. The van der Waals surface area contributed by atoms with Crippen molar-refractivity contribution in [3.63, 3.8) is 0 Å². The number of rotatable bonds is 3. The van der Waals surface area contributed by atoms with Gasteiger partial charge in [-0.2, -0.15) is 14.7 Å². The van der Waals surface area contributed by atoms with Crippen molar-refractivity contribution in [3.05, 3.63) is 64.4 Å². The monoisotopic (exact) mass is 430 g/mol. The molecule has 0 unspecified atom stereocenters. The van der Waals surface area contributed by atoms with Gasteiger partial charge in [0.1, 0.15) is 16.5 Å². The molecule has 2 aromatic carbocycles. The summed E-state index contributed by atoms with van der Waals surface area (Å²) in [5.74, 6) is 0.220. The maximum atomic E-state index is 13.1. The van der Waals surface area contributed by atoms with Crippen molar-refractivity contribution in [1.82, 2.24) is 30.0 Å². The van der Waals surface area contributed by atoms with Gasteiger partial charge in [0.05, 0.1) is 10.7 Å². The van der Waals surface area contributed by atoms with Crippen LogP contribution in [0.25, 0.3) is 38.3 Å². The van der Waals surface area contributed by atoms with Crippen LogP contribution >= 0.6 is 34.5 Å². The molecule has 6 nitrogen and oxygen atoms in total. The molecule has 138 valence electrons. The topological polar surface area (TPSA) is 71.8 Å². The van der Waals surface area contributed by atoms with E-state index in [0.29, 0.717) is 37.2 Å². The van der Waals surface area contributed by atoms with E-state index in [1.807, 2.05) is 12.1 Å². The molecule has 1 N–H and O–H groups in total. The van der Waals surface area contributed by atoms with Crippen molar-refractivity contribution >= 4 is 39.5 Å². The van der Waals surface area contributed by atoms with Crippen LogP contribution in [0.15, 0.2) is 48.5 Å². The molecule has 28 heavy (non-hydrogen) atoms. The molecule has 0 atom stereocenters. The summed E-state index contributed by atoms with van der Waals surface area (Å²) in [4.78, 5) is 0.619. The van der Waals surface area contributed by atoms with Crippen molar-refractivity contribution in [2.45, 2.75) is 0 Å². The molecule has 3 aromatic heterocycles. The lowest BCUT2D eigenvalue weighted by atomic mass is 10.1. The summed E-state index contributed by atoms with van der Waals surface area (Å²) < 4.78 is 14.8. The van der Waals surface area contributed by atoms with Gasteiger partial charge < -0.3 is 0 Å². The Kier molecular flexibility index (Phi) is 4.12. The lowest BCUT2D eigenvalue weighted by Gasteiger charge is -1.99. The standard InChI is InChI=1S/C18H9Cl2FN6S/c19-10-3-6-12(13(20)7-10)17-26-27-16(24-25-18(27)28-17)15-8-14(22-23-15)9-1-4-11(21)5-2-9/h1-8H,(H,22,23). The van der Waals surface area contributed by atoms with Crippen LogP contribution in [-0.2, 0) is 0 Å². The summed E-state index contributed by atoms with van der Waals surface area (Å²) in [6.45, 7) is 0. The van der Waals surface area contributed by atoms with Gasteiger partial charge in [-0.05, 0) is 48.5 Å². The Hall–Kier alpha value is -2.81. The quantitative estimate of drug-likeness (QED) is 0.418. The second kappa shape index (κ2) is 6.66. The molecular weight excluding hydrogens is 422 g/mol. The van der Waals surface area contributed by atoms with Gasteiger partial charge in [0.2, 0.25) is 10.8 Å². The Balaban J connectivity index is 1.55. The third-order valence-corrected chi connectivity index (χ3v) is 5.59. The number of hydrogen-bond donors (Lipinski definition) is 1. The van der Waals surface area contributed by atoms with E-state index in [2.05, 4.69) is 25.5 Å². The van der Waals surface area contributed by atoms with E-state index < -0.39 is 0 Å². The molecular formula is C18H9Cl2FN6S. The third-order valence-electron chi connectivity index (χ3n) is 4.11. The van der Waals surface area contributed by atoms with Crippen LogP contribution in [0.2, 0.25) is 10.0 Å². The van der Waals surface area contributed by atoms with Gasteiger partial charge in [-0.3, -0.25) is 5.10 Å². The van der Waals surface area contributed by atoms with Gasteiger partial charge in [-0.1, -0.05) is 34.5 Å². The van der Waals surface area contributed by atoms with Crippen molar-refractivity contribution < 1.29 is 4.39 Å². The predicted octanol–water partition coefficient (Wildman–Crippen LogP) is 5.36. The first-order valence-electron chi connectivity index (χ1n) is 8.08. The molecule has 0 saturated carbocycles. The molecule has 3 heterocycles.